The van der Waals surface area contributed by atoms with Gasteiger partial charge in [0.25, 0.3) is 11.8 Å². The fourth-order valence-electron chi connectivity index (χ4n) is 7.69. The van der Waals surface area contributed by atoms with Gasteiger partial charge in [-0.05, 0) is 55.9 Å². The molecule has 13 nitrogen and oxygen atoms in total. The van der Waals surface area contributed by atoms with Crippen molar-refractivity contribution in [3.8, 4) is 11.3 Å². The summed E-state index contributed by atoms with van der Waals surface area (Å²) >= 11 is 0. The lowest BCUT2D eigenvalue weighted by atomic mass is 9.73. The van der Waals surface area contributed by atoms with E-state index in [4.69, 9.17) is 19.2 Å². The molecule has 3 N–H and O–H groups in total. The topological polar surface area (TPSA) is 153 Å². The first-order valence-electron chi connectivity index (χ1n) is 19.4. The van der Waals surface area contributed by atoms with Crippen molar-refractivity contribution in [2.24, 2.45) is 17.8 Å². The van der Waals surface area contributed by atoms with Crippen LogP contribution in [0.4, 0.5) is 18.0 Å². The van der Waals surface area contributed by atoms with Gasteiger partial charge in [-0.3, -0.25) is 19.3 Å². The van der Waals surface area contributed by atoms with Crippen LogP contribution in [0.3, 0.4) is 0 Å². The first kappa shape index (κ1) is 41.6. The first-order valence-corrected chi connectivity index (χ1v) is 19.4. The number of imidazole rings is 1. The number of alkyl halides is 1. The Morgan fingerprint density at radius 3 is 2.49 bits per heavy atom. The van der Waals surface area contributed by atoms with Crippen molar-refractivity contribution in [1.29, 1.82) is 0 Å². The highest BCUT2D eigenvalue weighted by Gasteiger charge is 2.43. The minimum Gasteiger partial charge on any atom is -0.447 e. The van der Waals surface area contributed by atoms with E-state index in [0.29, 0.717) is 45.0 Å². The molecule has 0 aliphatic carbocycles. The van der Waals surface area contributed by atoms with Crippen molar-refractivity contribution in [2.75, 3.05) is 59.2 Å². The van der Waals surface area contributed by atoms with Gasteiger partial charge in [-0.1, -0.05) is 30.3 Å². The number of rotatable bonds is 18. The number of hydrogen-bond acceptors (Lipinski definition) is 9. The average molecular weight is 795 g/mol. The van der Waals surface area contributed by atoms with Crippen LogP contribution in [0.25, 0.3) is 11.3 Å². The largest absolute Gasteiger partial charge is 0.447 e. The van der Waals surface area contributed by atoms with Gasteiger partial charge in [-0.25, -0.2) is 22.9 Å². The maximum absolute atomic E-state index is 15.3. The third-order valence-corrected chi connectivity index (χ3v) is 10.6. The molecule has 1 unspecified atom stereocenters. The van der Waals surface area contributed by atoms with Crippen molar-refractivity contribution in [1.82, 2.24) is 30.4 Å². The molecule has 2 aromatic carbocycles. The summed E-state index contributed by atoms with van der Waals surface area (Å²) in [5.74, 6) is -3.82. The Kier molecular flexibility index (Phi) is 14.5. The van der Waals surface area contributed by atoms with E-state index in [0.717, 1.165) is 28.7 Å². The zero-order valence-electron chi connectivity index (χ0n) is 31.8. The van der Waals surface area contributed by atoms with Crippen LogP contribution in [0.1, 0.15) is 43.5 Å². The number of nitrogens with zero attached hydrogens (tertiary/aromatic N) is 3. The second-order valence-corrected chi connectivity index (χ2v) is 14.7. The zero-order chi connectivity index (χ0) is 40.3. The Balaban J connectivity index is 1.18. The summed E-state index contributed by atoms with van der Waals surface area (Å²) in [5.41, 5.74) is 1.14. The van der Waals surface area contributed by atoms with E-state index in [1.54, 1.807) is 13.1 Å². The lowest BCUT2D eigenvalue weighted by Gasteiger charge is -2.37. The summed E-state index contributed by atoms with van der Waals surface area (Å²) in [5, 5.41) is 8.77. The highest BCUT2D eigenvalue weighted by Crippen LogP contribution is 2.42. The number of alkyl carbamates (subject to hydrolysis) is 1. The number of aromatic nitrogens is 2. The van der Waals surface area contributed by atoms with Crippen LogP contribution in [-0.4, -0.2) is 110 Å². The first-order chi connectivity index (χ1) is 27.6. The third-order valence-electron chi connectivity index (χ3n) is 10.6. The number of halogens is 3. The summed E-state index contributed by atoms with van der Waals surface area (Å²) in [6, 6.07) is 12.3. The monoisotopic (exact) mass is 794 g/mol. The molecule has 0 spiro atoms. The van der Waals surface area contributed by atoms with Crippen LogP contribution in [0.2, 0.25) is 0 Å². The van der Waals surface area contributed by atoms with Crippen molar-refractivity contribution < 1.29 is 46.6 Å². The normalized spacial score (nSPS) is 20.1. The fraction of sp³-hybridized carbons (Fsp3) is 0.488. The molecular weight excluding hydrogens is 745 g/mol. The van der Waals surface area contributed by atoms with Crippen LogP contribution in [0.5, 0.6) is 0 Å². The molecule has 3 aliphatic heterocycles. The van der Waals surface area contributed by atoms with Crippen molar-refractivity contribution in [3.05, 3.63) is 89.9 Å². The highest BCUT2D eigenvalue weighted by atomic mass is 19.1. The minimum absolute atomic E-state index is 0.00985. The summed E-state index contributed by atoms with van der Waals surface area (Å²) < 4.78 is 63.2. The Bertz CT molecular complexity index is 1870. The maximum atomic E-state index is 15.3. The average Bonchev–Trinajstić information content (AvgIpc) is 3.91. The SMILES string of the molecule is C[C@@H](CNC(=O)OCCOCCN1C(=O)C=CC1=O)NC(=O)C(C[C@@H]1CNC[C@@H]1F)[C@@H](c1nc(-c2cc(F)ccc2F)cn1Cc1ccccc1)C1CCOCC1. The number of benzene rings is 2. The molecule has 4 amide bonds. The lowest BCUT2D eigenvalue weighted by Crippen LogP contribution is -2.47. The number of amides is 4. The van der Waals surface area contributed by atoms with Gasteiger partial charge in [-0.2, -0.15) is 0 Å². The molecule has 1 aromatic heterocycles. The quantitative estimate of drug-likeness (QED) is 0.128. The summed E-state index contributed by atoms with van der Waals surface area (Å²) in [4.78, 5) is 56.3. The molecule has 306 valence electrons. The van der Waals surface area contributed by atoms with Gasteiger partial charge in [0.2, 0.25) is 5.91 Å². The molecule has 4 heterocycles. The maximum Gasteiger partial charge on any atom is 0.407 e. The van der Waals surface area contributed by atoms with Crippen LogP contribution in [0.15, 0.2) is 66.9 Å². The molecule has 16 heteroatoms. The van der Waals surface area contributed by atoms with Gasteiger partial charge in [-0.15, -0.1) is 0 Å². The number of nitrogens with one attached hydrogen (secondary N) is 3. The number of ether oxygens (including phenoxy) is 3. The van der Waals surface area contributed by atoms with Crippen LogP contribution >= 0.6 is 0 Å². The van der Waals surface area contributed by atoms with Gasteiger partial charge in [0, 0.05) is 87.1 Å². The predicted octanol–water partition coefficient (Wildman–Crippen LogP) is 4.12. The Labute approximate surface area is 329 Å². The van der Waals surface area contributed by atoms with Gasteiger partial charge in [0.1, 0.15) is 30.2 Å². The van der Waals surface area contributed by atoms with Crippen LogP contribution in [0, 0.1) is 29.4 Å². The molecule has 5 atom stereocenters. The van der Waals surface area contributed by atoms with Crippen molar-refractivity contribution >= 4 is 23.8 Å². The van der Waals surface area contributed by atoms with Crippen LogP contribution < -0.4 is 16.0 Å². The second-order valence-electron chi connectivity index (χ2n) is 14.7. The van der Waals surface area contributed by atoms with Gasteiger partial charge < -0.3 is 34.7 Å². The van der Waals surface area contributed by atoms with E-state index in [-0.39, 0.29) is 69.0 Å². The van der Waals surface area contributed by atoms with E-state index in [1.165, 1.54) is 12.2 Å². The molecule has 0 radical (unpaired) electrons. The molecule has 0 bridgehead atoms. The molecule has 57 heavy (non-hydrogen) atoms. The Morgan fingerprint density at radius 1 is 1.02 bits per heavy atom. The molecule has 3 aliphatic rings. The molecule has 6 rings (SSSR count). The smallest absolute Gasteiger partial charge is 0.407 e. The summed E-state index contributed by atoms with van der Waals surface area (Å²) in [6.07, 6.45) is 3.57. The van der Waals surface area contributed by atoms with Gasteiger partial charge in [0.15, 0.2) is 0 Å². The Morgan fingerprint density at radius 2 is 1.77 bits per heavy atom. The van der Waals surface area contributed by atoms with E-state index in [2.05, 4.69) is 16.0 Å². The molecular formula is C41H49F3N6O7. The Hall–Kier alpha value is -5.06. The van der Waals surface area contributed by atoms with E-state index < -0.39 is 59.5 Å². The number of carbonyl (C=O) groups is 4. The number of carbonyl (C=O) groups excluding carboxylic acids is 4. The van der Waals surface area contributed by atoms with E-state index in [9.17, 15) is 23.6 Å². The molecule has 3 aromatic rings. The van der Waals surface area contributed by atoms with Gasteiger partial charge in [0.05, 0.1) is 25.5 Å². The van der Waals surface area contributed by atoms with Crippen molar-refractivity contribution in [2.45, 2.75) is 50.9 Å². The molecule has 2 saturated heterocycles. The number of imide groups is 1. The third kappa shape index (κ3) is 11.1. The van der Waals surface area contributed by atoms with E-state index in [1.807, 2.05) is 34.9 Å². The lowest BCUT2D eigenvalue weighted by molar-refractivity contribution is -0.137. The summed E-state index contributed by atoms with van der Waals surface area (Å²) in [7, 11) is 0. The molecule has 0 saturated carbocycles. The fourth-order valence-corrected chi connectivity index (χ4v) is 7.69. The summed E-state index contributed by atoms with van der Waals surface area (Å²) in [6.45, 7) is 3.69. The van der Waals surface area contributed by atoms with E-state index >= 15 is 8.78 Å². The highest BCUT2D eigenvalue weighted by molar-refractivity contribution is 6.12. The van der Waals surface area contributed by atoms with Gasteiger partial charge >= 0.3 is 6.09 Å². The van der Waals surface area contributed by atoms with Crippen LogP contribution in [-0.2, 0) is 35.1 Å². The number of hydrogen-bond donors (Lipinski definition) is 3. The second kappa shape index (κ2) is 19.9. The standard InChI is InChI=1S/C41H49F3N6O7/c1-26(21-46-41(54)57-18-17-56-16-13-50-36(51)9-10-37(50)52)47-40(53)32(19-29-22-45-23-34(29)44)38(28-11-14-55-15-12-28)39-48-35(31-20-30(42)7-8-33(31)43)25-49(39)24-27-5-3-2-4-6-27/h2-10,20,25-26,28-29,32,34,38,45H,11-19,21-24H2,1H3,(H,46,54)(H,47,53)/t26-,29+,32?,34-,38-/m0/s1. The zero-order valence-corrected chi connectivity index (χ0v) is 31.8. The predicted molar refractivity (Wildman–Crippen MR) is 202 cm³/mol. The molecule has 2 fully saturated rings. The van der Waals surface area contributed by atoms with Crippen molar-refractivity contribution in [3.63, 3.8) is 0 Å². The minimum atomic E-state index is -1.17.